The van der Waals surface area contributed by atoms with E-state index in [0.29, 0.717) is 12.8 Å². The number of hydrogen-bond acceptors (Lipinski definition) is 2. The molecule has 0 saturated heterocycles. The number of H-pyrrole nitrogens is 1. The fourth-order valence-electron chi connectivity index (χ4n) is 3.61. The molecule has 0 saturated carbocycles. The van der Waals surface area contributed by atoms with E-state index in [2.05, 4.69) is 15.3 Å². The predicted octanol–water partition coefficient (Wildman–Crippen LogP) is 6.21. The Balaban J connectivity index is 1.46. The molecule has 4 nitrogen and oxygen atoms in total. The number of carbonyl (C=O) groups is 1. The van der Waals surface area contributed by atoms with Gasteiger partial charge < -0.3 is 10.3 Å². The van der Waals surface area contributed by atoms with Gasteiger partial charge in [-0.1, -0.05) is 30.3 Å². The van der Waals surface area contributed by atoms with Gasteiger partial charge >= 0.3 is 6.18 Å². The van der Waals surface area contributed by atoms with Gasteiger partial charge in [0.25, 0.3) is 0 Å². The Labute approximate surface area is 177 Å². The van der Waals surface area contributed by atoms with E-state index in [1.165, 1.54) is 12.1 Å². The summed E-state index contributed by atoms with van der Waals surface area (Å²) in [7, 11) is 0. The minimum absolute atomic E-state index is 0.140. The number of rotatable bonds is 6. The zero-order chi connectivity index (χ0) is 21.8. The highest BCUT2D eigenvalue weighted by Crippen LogP contribution is 2.32. The first kappa shape index (κ1) is 20.7. The normalized spacial score (nSPS) is 11.6. The summed E-state index contributed by atoms with van der Waals surface area (Å²) in [5.41, 5.74) is 3.15. The largest absolute Gasteiger partial charge is 0.416 e. The van der Waals surface area contributed by atoms with Gasteiger partial charge in [-0.25, -0.2) is 0 Å². The Morgan fingerprint density at radius 2 is 1.81 bits per heavy atom. The number of alkyl halides is 3. The zero-order valence-corrected chi connectivity index (χ0v) is 16.5. The highest BCUT2D eigenvalue weighted by Gasteiger charge is 2.30. The molecule has 0 atom stereocenters. The molecule has 0 unspecified atom stereocenters. The topological polar surface area (TPSA) is 57.8 Å². The lowest BCUT2D eigenvalue weighted by molar-refractivity contribution is -0.137. The first-order chi connectivity index (χ1) is 14.9. The molecule has 4 rings (SSSR count). The van der Waals surface area contributed by atoms with Crippen LogP contribution in [-0.2, 0) is 17.4 Å². The molecular weight excluding hydrogens is 403 g/mol. The van der Waals surface area contributed by atoms with Crippen molar-refractivity contribution < 1.29 is 18.0 Å². The van der Waals surface area contributed by atoms with Gasteiger partial charge in [-0.15, -0.1) is 0 Å². The van der Waals surface area contributed by atoms with E-state index in [-0.39, 0.29) is 18.0 Å². The van der Waals surface area contributed by atoms with Crippen molar-refractivity contribution in [3.63, 3.8) is 0 Å². The number of amides is 1. The van der Waals surface area contributed by atoms with Gasteiger partial charge in [0.1, 0.15) is 0 Å². The van der Waals surface area contributed by atoms with E-state index in [4.69, 9.17) is 0 Å². The first-order valence-corrected chi connectivity index (χ1v) is 9.90. The molecule has 0 bridgehead atoms. The van der Waals surface area contributed by atoms with Crippen molar-refractivity contribution in [2.24, 2.45) is 0 Å². The van der Waals surface area contributed by atoms with Crippen LogP contribution >= 0.6 is 0 Å². The SMILES string of the molecule is O=C(CCCc1c(-c2ccccn2)[nH]c2ccccc12)Nc1cccc(C(F)(F)F)c1. The van der Waals surface area contributed by atoms with Crippen LogP contribution in [0.5, 0.6) is 0 Å². The third-order valence-corrected chi connectivity index (χ3v) is 5.04. The molecule has 2 aromatic carbocycles. The van der Waals surface area contributed by atoms with Crippen LogP contribution in [0.3, 0.4) is 0 Å². The average molecular weight is 423 g/mol. The van der Waals surface area contributed by atoms with Crippen molar-refractivity contribution in [1.29, 1.82) is 0 Å². The molecule has 7 heteroatoms. The van der Waals surface area contributed by atoms with Crippen LogP contribution in [0.1, 0.15) is 24.0 Å². The lowest BCUT2D eigenvalue weighted by Crippen LogP contribution is -2.13. The molecule has 0 aliphatic heterocycles. The van der Waals surface area contributed by atoms with E-state index < -0.39 is 11.7 Å². The van der Waals surface area contributed by atoms with Gasteiger partial charge in [0, 0.05) is 29.2 Å². The number of fused-ring (bicyclic) bond motifs is 1. The number of hydrogen-bond donors (Lipinski definition) is 2. The second kappa shape index (κ2) is 8.63. The first-order valence-electron chi connectivity index (χ1n) is 9.90. The van der Waals surface area contributed by atoms with Crippen molar-refractivity contribution in [1.82, 2.24) is 9.97 Å². The summed E-state index contributed by atoms with van der Waals surface area (Å²) in [5, 5.41) is 3.63. The van der Waals surface area contributed by atoms with E-state index in [0.717, 1.165) is 40.0 Å². The van der Waals surface area contributed by atoms with Crippen LogP contribution in [0.15, 0.2) is 72.9 Å². The molecule has 2 aromatic heterocycles. The summed E-state index contributed by atoms with van der Waals surface area (Å²) in [6, 6.07) is 18.3. The number of pyridine rings is 1. The van der Waals surface area contributed by atoms with Crippen LogP contribution in [0.4, 0.5) is 18.9 Å². The van der Waals surface area contributed by atoms with Crippen molar-refractivity contribution in [3.8, 4) is 11.4 Å². The Morgan fingerprint density at radius 3 is 2.58 bits per heavy atom. The number of nitrogens with one attached hydrogen (secondary N) is 2. The van der Waals surface area contributed by atoms with Gasteiger partial charge in [0.15, 0.2) is 0 Å². The molecular formula is C24H20F3N3O. The third-order valence-electron chi connectivity index (χ3n) is 5.04. The maximum absolute atomic E-state index is 12.8. The number of nitrogens with zero attached hydrogens (tertiary/aromatic N) is 1. The van der Waals surface area contributed by atoms with Crippen LogP contribution in [0.25, 0.3) is 22.3 Å². The fourth-order valence-corrected chi connectivity index (χ4v) is 3.61. The molecule has 2 heterocycles. The quantitative estimate of drug-likeness (QED) is 0.387. The average Bonchev–Trinajstić information content (AvgIpc) is 3.13. The van der Waals surface area contributed by atoms with E-state index in [1.54, 1.807) is 6.20 Å². The Hall–Kier alpha value is -3.61. The van der Waals surface area contributed by atoms with E-state index in [9.17, 15) is 18.0 Å². The summed E-state index contributed by atoms with van der Waals surface area (Å²) < 4.78 is 38.5. The zero-order valence-electron chi connectivity index (χ0n) is 16.5. The van der Waals surface area contributed by atoms with Crippen molar-refractivity contribution in [2.45, 2.75) is 25.4 Å². The molecule has 0 fully saturated rings. The Morgan fingerprint density at radius 1 is 1.00 bits per heavy atom. The molecule has 1 amide bonds. The molecule has 31 heavy (non-hydrogen) atoms. The maximum Gasteiger partial charge on any atom is 0.416 e. The van der Waals surface area contributed by atoms with E-state index in [1.807, 2.05) is 42.5 Å². The Bertz CT molecular complexity index is 1200. The second-order valence-electron chi connectivity index (χ2n) is 7.22. The summed E-state index contributed by atoms with van der Waals surface area (Å²) in [4.78, 5) is 20.1. The van der Waals surface area contributed by atoms with Crippen LogP contribution < -0.4 is 5.32 Å². The molecule has 158 valence electrons. The smallest absolute Gasteiger partial charge is 0.353 e. The van der Waals surface area contributed by atoms with Gasteiger partial charge in [-0.3, -0.25) is 9.78 Å². The minimum atomic E-state index is -4.45. The molecule has 2 N–H and O–H groups in total. The number of anilines is 1. The number of halogens is 3. The van der Waals surface area contributed by atoms with Gasteiger partial charge in [0.2, 0.25) is 5.91 Å². The predicted molar refractivity (Wildman–Crippen MR) is 115 cm³/mol. The fraction of sp³-hybridized carbons (Fsp3) is 0.167. The van der Waals surface area contributed by atoms with Crippen molar-refractivity contribution in [2.75, 3.05) is 5.32 Å². The lowest BCUT2D eigenvalue weighted by Gasteiger charge is -2.10. The number of carbonyl (C=O) groups excluding carboxylic acids is 1. The highest BCUT2D eigenvalue weighted by atomic mass is 19.4. The number of aromatic nitrogens is 2. The second-order valence-corrected chi connectivity index (χ2v) is 7.22. The van der Waals surface area contributed by atoms with Crippen LogP contribution in [0.2, 0.25) is 0 Å². The number of aromatic amines is 1. The van der Waals surface area contributed by atoms with Gasteiger partial charge in [-0.05, 0) is 54.8 Å². The van der Waals surface area contributed by atoms with Crippen molar-refractivity contribution >= 4 is 22.5 Å². The number of para-hydroxylation sites is 1. The lowest BCUT2D eigenvalue weighted by atomic mass is 10.0. The van der Waals surface area contributed by atoms with E-state index >= 15 is 0 Å². The summed E-state index contributed by atoms with van der Waals surface area (Å²) >= 11 is 0. The standard InChI is InChI=1S/C24H20F3N3O/c25-24(26,27)16-7-5-8-17(15-16)29-22(31)13-6-10-19-18-9-1-2-11-20(18)30-23(19)21-12-3-4-14-28-21/h1-5,7-9,11-12,14-15,30H,6,10,13H2,(H,29,31). The number of aryl methyl sites for hydroxylation is 1. The van der Waals surface area contributed by atoms with Gasteiger partial charge in [0.05, 0.1) is 17.0 Å². The van der Waals surface area contributed by atoms with Crippen molar-refractivity contribution in [3.05, 3.63) is 84.1 Å². The number of benzene rings is 2. The molecule has 0 aliphatic rings. The summed E-state index contributed by atoms with van der Waals surface area (Å²) in [6.45, 7) is 0. The third kappa shape index (κ3) is 4.77. The Kier molecular flexibility index (Phi) is 5.75. The molecule has 0 radical (unpaired) electrons. The summed E-state index contributed by atoms with van der Waals surface area (Å²) in [6.07, 6.45) is -1.35. The monoisotopic (exact) mass is 423 g/mol. The molecule has 4 aromatic rings. The summed E-state index contributed by atoms with van der Waals surface area (Å²) in [5.74, 6) is -0.321. The van der Waals surface area contributed by atoms with Crippen LogP contribution in [-0.4, -0.2) is 15.9 Å². The highest BCUT2D eigenvalue weighted by molar-refractivity contribution is 5.92. The molecule has 0 spiro atoms. The van der Waals surface area contributed by atoms with Gasteiger partial charge in [-0.2, -0.15) is 13.2 Å². The molecule has 0 aliphatic carbocycles. The minimum Gasteiger partial charge on any atom is -0.353 e. The van der Waals surface area contributed by atoms with Crippen LogP contribution in [0, 0.1) is 0 Å². The maximum atomic E-state index is 12.8.